The Morgan fingerprint density at radius 3 is 2.48 bits per heavy atom. The molecule has 0 radical (unpaired) electrons. The van der Waals surface area contributed by atoms with E-state index in [9.17, 15) is 8.42 Å². The lowest BCUT2D eigenvalue weighted by Crippen LogP contribution is -2.27. The minimum absolute atomic E-state index is 0.110. The summed E-state index contributed by atoms with van der Waals surface area (Å²) in [6.45, 7) is 0. The van der Waals surface area contributed by atoms with Crippen LogP contribution in [-0.4, -0.2) is 25.7 Å². The van der Waals surface area contributed by atoms with E-state index < -0.39 is 10.0 Å². The molecule has 3 aromatic carbocycles. The quantitative estimate of drug-likeness (QED) is 0.338. The second-order valence-electron chi connectivity index (χ2n) is 7.26. The summed E-state index contributed by atoms with van der Waals surface area (Å²) in [6.07, 6.45) is 4.64. The zero-order valence-corrected chi connectivity index (χ0v) is 18.4. The number of pyridine rings is 1. The highest BCUT2D eigenvalue weighted by molar-refractivity contribution is 7.93. The van der Waals surface area contributed by atoms with Gasteiger partial charge in [0.2, 0.25) is 0 Å². The standard InChI is InChI=1S/C25H19N3O4S/c1-31-24-16-19(18-5-3-2-4-6-18)8-10-23(24)28(25-12-14-32-27-25)33(29,30)22-9-7-21-17-26-13-11-20(21)15-22/h2-17H,1H3. The Morgan fingerprint density at radius 2 is 1.73 bits per heavy atom. The van der Waals surface area contributed by atoms with E-state index in [1.165, 1.54) is 19.4 Å². The lowest BCUT2D eigenvalue weighted by molar-refractivity contribution is 0.414. The number of fused-ring (bicyclic) bond motifs is 1. The van der Waals surface area contributed by atoms with Crippen molar-refractivity contribution in [2.75, 3.05) is 11.4 Å². The first-order valence-electron chi connectivity index (χ1n) is 10.1. The van der Waals surface area contributed by atoms with E-state index >= 15 is 0 Å². The highest BCUT2D eigenvalue weighted by Crippen LogP contribution is 2.40. The fraction of sp³-hybridized carbons (Fsp3) is 0.0400. The molecule has 8 heteroatoms. The predicted molar refractivity (Wildman–Crippen MR) is 126 cm³/mol. The molecule has 0 aliphatic rings. The normalized spacial score (nSPS) is 11.4. The molecule has 0 spiro atoms. The van der Waals surface area contributed by atoms with Crippen LogP contribution < -0.4 is 9.04 Å². The maximum Gasteiger partial charge on any atom is 0.270 e. The molecular formula is C25H19N3O4S. The molecule has 5 rings (SSSR count). The fourth-order valence-corrected chi connectivity index (χ4v) is 5.15. The van der Waals surface area contributed by atoms with Crippen LogP contribution in [0, 0.1) is 0 Å². The lowest BCUT2D eigenvalue weighted by atomic mass is 10.0. The summed E-state index contributed by atoms with van der Waals surface area (Å²) in [5, 5.41) is 5.51. The van der Waals surface area contributed by atoms with Crippen molar-refractivity contribution in [2.24, 2.45) is 0 Å². The molecule has 2 aromatic heterocycles. The van der Waals surface area contributed by atoms with Crippen LogP contribution in [0.5, 0.6) is 5.75 Å². The van der Waals surface area contributed by atoms with Gasteiger partial charge in [0, 0.05) is 23.8 Å². The smallest absolute Gasteiger partial charge is 0.270 e. The molecule has 0 bridgehead atoms. The van der Waals surface area contributed by atoms with E-state index in [2.05, 4.69) is 10.1 Å². The van der Waals surface area contributed by atoms with E-state index in [1.807, 2.05) is 36.4 Å². The van der Waals surface area contributed by atoms with Gasteiger partial charge in [-0.1, -0.05) is 47.6 Å². The Hall–Kier alpha value is -4.17. The van der Waals surface area contributed by atoms with Crippen LogP contribution in [0.4, 0.5) is 11.5 Å². The van der Waals surface area contributed by atoms with Gasteiger partial charge in [-0.3, -0.25) is 4.98 Å². The van der Waals surface area contributed by atoms with E-state index in [0.717, 1.165) is 26.2 Å². The van der Waals surface area contributed by atoms with Crippen molar-refractivity contribution in [1.82, 2.24) is 10.1 Å². The number of nitrogens with zero attached hydrogens (tertiary/aromatic N) is 3. The summed E-state index contributed by atoms with van der Waals surface area (Å²) >= 11 is 0. The number of sulfonamides is 1. The number of ether oxygens (including phenoxy) is 1. The molecule has 0 saturated heterocycles. The van der Waals surface area contributed by atoms with Crippen molar-refractivity contribution in [2.45, 2.75) is 4.90 Å². The van der Waals surface area contributed by atoms with Crippen LogP contribution >= 0.6 is 0 Å². The van der Waals surface area contributed by atoms with Crippen molar-refractivity contribution in [1.29, 1.82) is 0 Å². The molecular weight excluding hydrogens is 438 g/mol. The summed E-state index contributed by atoms with van der Waals surface area (Å²) < 4.78 is 39.5. The van der Waals surface area contributed by atoms with E-state index in [4.69, 9.17) is 9.26 Å². The average molecular weight is 458 g/mol. The number of hydrogen-bond acceptors (Lipinski definition) is 6. The third kappa shape index (κ3) is 3.81. The average Bonchev–Trinajstić information content (AvgIpc) is 3.38. The predicted octanol–water partition coefficient (Wildman–Crippen LogP) is 5.43. The van der Waals surface area contributed by atoms with Crippen molar-refractivity contribution in [3.63, 3.8) is 0 Å². The number of benzene rings is 3. The fourth-order valence-electron chi connectivity index (χ4n) is 3.67. The van der Waals surface area contributed by atoms with Crippen LogP contribution in [-0.2, 0) is 10.0 Å². The molecule has 0 amide bonds. The van der Waals surface area contributed by atoms with Crippen LogP contribution in [0.1, 0.15) is 0 Å². The maximum atomic E-state index is 13.9. The van der Waals surface area contributed by atoms with Crippen molar-refractivity contribution in [3.8, 4) is 16.9 Å². The Kier molecular flexibility index (Phi) is 5.27. The van der Waals surface area contributed by atoms with Gasteiger partial charge in [0.1, 0.15) is 17.7 Å². The Labute approximate surface area is 190 Å². The number of aromatic nitrogens is 2. The van der Waals surface area contributed by atoms with Gasteiger partial charge in [0.25, 0.3) is 10.0 Å². The highest BCUT2D eigenvalue weighted by Gasteiger charge is 2.31. The SMILES string of the molecule is COc1cc(-c2ccccc2)ccc1N(c1ccon1)S(=O)(=O)c1ccc2cnccc2c1. The minimum atomic E-state index is -4.07. The topological polar surface area (TPSA) is 85.5 Å². The largest absolute Gasteiger partial charge is 0.495 e. The monoisotopic (exact) mass is 457 g/mol. The summed E-state index contributed by atoms with van der Waals surface area (Å²) in [7, 11) is -2.56. The van der Waals surface area contributed by atoms with Crippen LogP contribution in [0.3, 0.4) is 0 Å². The summed E-state index contributed by atoms with van der Waals surface area (Å²) in [6, 6.07) is 23.3. The number of rotatable bonds is 6. The molecule has 0 saturated carbocycles. The molecule has 0 unspecified atom stereocenters. The molecule has 0 fully saturated rings. The summed E-state index contributed by atoms with van der Waals surface area (Å²) in [5.74, 6) is 0.503. The molecule has 33 heavy (non-hydrogen) atoms. The highest BCUT2D eigenvalue weighted by atomic mass is 32.2. The first-order chi connectivity index (χ1) is 16.1. The Bertz CT molecular complexity index is 1520. The number of anilines is 2. The van der Waals surface area contributed by atoms with Gasteiger partial charge in [0.05, 0.1) is 12.0 Å². The van der Waals surface area contributed by atoms with E-state index in [0.29, 0.717) is 11.4 Å². The first-order valence-corrected chi connectivity index (χ1v) is 11.5. The molecule has 5 aromatic rings. The third-order valence-electron chi connectivity index (χ3n) is 5.29. The molecule has 0 atom stereocenters. The maximum absolute atomic E-state index is 13.9. The van der Waals surface area contributed by atoms with Gasteiger partial charge >= 0.3 is 0 Å². The molecule has 0 aliphatic carbocycles. The zero-order valence-electron chi connectivity index (χ0n) is 17.6. The molecule has 0 N–H and O–H groups in total. The van der Waals surface area contributed by atoms with Gasteiger partial charge in [-0.2, -0.15) is 0 Å². The van der Waals surface area contributed by atoms with E-state index in [1.54, 1.807) is 48.8 Å². The van der Waals surface area contributed by atoms with Gasteiger partial charge < -0.3 is 9.26 Å². The van der Waals surface area contributed by atoms with Crippen molar-refractivity contribution >= 4 is 32.3 Å². The number of hydrogen-bond donors (Lipinski definition) is 0. The third-order valence-corrected chi connectivity index (χ3v) is 7.00. The lowest BCUT2D eigenvalue weighted by Gasteiger charge is -2.24. The Morgan fingerprint density at radius 1 is 0.879 bits per heavy atom. The molecule has 2 heterocycles. The second-order valence-corrected chi connectivity index (χ2v) is 9.05. The van der Waals surface area contributed by atoms with Crippen LogP contribution in [0.25, 0.3) is 21.9 Å². The van der Waals surface area contributed by atoms with Crippen molar-refractivity contribution in [3.05, 3.63) is 97.5 Å². The van der Waals surface area contributed by atoms with Gasteiger partial charge in [0.15, 0.2) is 5.82 Å². The van der Waals surface area contributed by atoms with Gasteiger partial charge in [-0.05, 0) is 46.8 Å². The van der Waals surface area contributed by atoms with Gasteiger partial charge in [-0.25, -0.2) is 12.7 Å². The zero-order chi connectivity index (χ0) is 22.8. The Balaban J connectivity index is 1.67. The molecule has 164 valence electrons. The molecule has 7 nitrogen and oxygen atoms in total. The summed E-state index contributed by atoms with van der Waals surface area (Å²) in [4.78, 5) is 4.19. The van der Waals surface area contributed by atoms with E-state index in [-0.39, 0.29) is 10.7 Å². The molecule has 0 aliphatic heterocycles. The first kappa shape index (κ1) is 20.7. The van der Waals surface area contributed by atoms with Crippen LogP contribution in [0.15, 0.2) is 107 Å². The van der Waals surface area contributed by atoms with Crippen molar-refractivity contribution < 1.29 is 17.7 Å². The number of methoxy groups -OCH3 is 1. The van der Waals surface area contributed by atoms with Gasteiger partial charge in [-0.15, -0.1) is 0 Å². The van der Waals surface area contributed by atoms with Crippen LogP contribution in [0.2, 0.25) is 0 Å². The second kappa shape index (κ2) is 8.40. The minimum Gasteiger partial charge on any atom is -0.495 e. The summed E-state index contributed by atoms with van der Waals surface area (Å²) in [5.41, 5.74) is 2.20.